The van der Waals surface area contributed by atoms with Crippen molar-refractivity contribution >= 4 is 23.6 Å². The molecule has 4 rings (SSSR count). The van der Waals surface area contributed by atoms with Gasteiger partial charge < -0.3 is 19.5 Å². The van der Waals surface area contributed by atoms with Crippen LogP contribution in [0.4, 0.5) is 0 Å². The van der Waals surface area contributed by atoms with E-state index in [2.05, 4.69) is 23.4 Å². The van der Waals surface area contributed by atoms with Gasteiger partial charge in [0.05, 0.1) is 5.69 Å². The summed E-state index contributed by atoms with van der Waals surface area (Å²) in [6.45, 7) is 6.88. The highest BCUT2D eigenvalue weighted by molar-refractivity contribution is 6.31. The van der Waals surface area contributed by atoms with Crippen LogP contribution in [0, 0.1) is 6.92 Å². The normalized spacial score (nSPS) is 17.1. The number of amides is 1. The molecule has 0 aliphatic carbocycles. The van der Waals surface area contributed by atoms with Crippen molar-refractivity contribution < 1.29 is 19.0 Å². The minimum atomic E-state index is -0.207. The van der Waals surface area contributed by atoms with Crippen molar-refractivity contribution in [1.29, 1.82) is 0 Å². The van der Waals surface area contributed by atoms with Crippen molar-refractivity contribution in [3.05, 3.63) is 46.2 Å². The molecule has 1 saturated heterocycles. The Hall–Kier alpha value is -2.51. The van der Waals surface area contributed by atoms with E-state index in [1.165, 1.54) is 6.08 Å². The van der Waals surface area contributed by atoms with Crippen molar-refractivity contribution in [2.24, 2.45) is 0 Å². The van der Waals surface area contributed by atoms with E-state index in [9.17, 15) is 4.79 Å². The van der Waals surface area contributed by atoms with Crippen LogP contribution in [0.25, 0.3) is 6.08 Å². The predicted molar refractivity (Wildman–Crippen MR) is 123 cm³/mol. The van der Waals surface area contributed by atoms with Gasteiger partial charge >= 0.3 is 0 Å². The zero-order valence-corrected chi connectivity index (χ0v) is 19.4. The number of aryl methyl sites for hydroxylation is 2. The summed E-state index contributed by atoms with van der Waals surface area (Å²) in [6.07, 6.45) is 7.01. The third-order valence-electron chi connectivity index (χ3n) is 6.27. The first-order valence-corrected chi connectivity index (χ1v) is 11.6. The number of ether oxygens (including phenoxy) is 3. The van der Waals surface area contributed by atoms with Crippen LogP contribution >= 0.6 is 11.6 Å². The van der Waals surface area contributed by atoms with Gasteiger partial charge in [0.2, 0.25) is 12.7 Å². The zero-order chi connectivity index (χ0) is 22.6. The molecule has 3 heterocycles. The molecule has 8 heteroatoms. The van der Waals surface area contributed by atoms with Crippen LogP contribution in [-0.2, 0) is 21.5 Å². The number of nitrogens with one attached hydrogen (secondary N) is 1. The van der Waals surface area contributed by atoms with E-state index in [0.717, 1.165) is 60.5 Å². The van der Waals surface area contributed by atoms with Gasteiger partial charge in [-0.05, 0) is 50.0 Å². The molecule has 2 aliphatic rings. The van der Waals surface area contributed by atoms with Gasteiger partial charge in [-0.15, -0.1) is 0 Å². The maximum atomic E-state index is 12.7. The van der Waals surface area contributed by atoms with Crippen molar-refractivity contribution in [3.8, 4) is 11.5 Å². The molecule has 2 aliphatic heterocycles. The molecule has 0 saturated carbocycles. The second kappa shape index (κ2) is 9.96. The molecule has 1 fully saturated rings. The lowest BCUT2D eigenvalue weighted by molar-refractivity contribution is -0.116. The number of carbonyl (C=O) groups is 1. The Morgan fingerprint density at radius 3 is 2.84 bits per heavy atom. The van der Waals surface area contributed by atoms with Crippen molar-refractivity contribution in [2.45, 2.75) is 51.5 Å². The Morgan fingerprint density at radius 2 is 2.06 bits per heavy atom. The number of aromatic nitrogens is 2. The summed E-state index contributed by atoms with van der Waals surface area (Å²) in [7, 11) is 0. The molecule has 1 aromatic heterocycles. The molecule has 7 nitrogen and oxygen atoms in total. The molecule has 0 radical (unpaired) electrons. The van der Waals surface area contributed by atoms with E-state index in [1.807, 2.05) is 19.1 Å². The molecule has 0 spiro atoms. The molecule has 172 valence electrons. The first kappa shape index (κ1) is 22.7. The Bertz CT molecular complexity index is 995. The van der Waals surface area contributed by atoms with Crippen LogP contribution in [0.1, 0.15) is 49.4 Å². The summed E-state index contributed by atoms with van der Waals surface area (Å²) in [4.78, 5) is 12.7. The Labute approximate surface area is 193 Å². The highest BCUT2D eigenvalue weighted by Crippen LogP contribution is 2.40. The number of hydrogen-bond donors (Lipinski definition) is 1. The highest BCUT2D eigenvalue weighted by atomic mass is 35.5. The molecular formula is C24H30ClN3O4. The fourth-order valence-corrected chi connectivity index (χ4v) is 4.56. The van der Waals surface area contributed by atoms with Crippen molar-refractivity contribution in [1.82, 2.24) is 15.1 Å². The number of hydrogen-bond acceptors (Lipinski definition) is 5. The second-order valence-corrected chi connectivity index (χ2v) is 8.74. The molecule has 0 bridgehead atoms. The summed E-state index contributed by atoms with van der Waals surface area (Å²) < 4.78 is 18.4. The molecule has 0 unspecified atom stereocenters. The lowest BCUT2D eigenvalue weighted by Crippen LogP contribution is -2.44. The maximum absolute atomic E-state index is 12.7. The number of rotatable bonds is 8. The van der Waals surface area contributed by atoms with E-state index in [0.29, 0.717) is 24.9 Å². The van der Waals surface area contributed by atoms with Gasteiger partial charge in [-0.25, -0.2) is 0 Å². The molecule has 32 heavy (non-hydrogen) atoms. The fraction of sp³-hybridized carbons (Fsp3) is 0.500. The summed E-state index contributed by atoms with van der Waals surface area (Å²) in [5.74, 6) is 1.35. The van der Waals surface area contributed by atoms with Crippen LogP contribution in [0.2, 0.25) is 5.15 Å². The fourth-order valence-electron chi connectivity index (χ4n) is 4.24. The van der Waals surface area contributed by atoms with Gasteiger partial charge in [-0.3, -0.25) is 9.48 Å². The van der Waals surface area contributed by atoms with Gasteiger partial charge in [0.15, 0.2) is 11.5 Å². The molecule has 1 amide bonds. The van der Waals surface area contributed by atoms with Gasteiger partial charge in [-0.1, -0.05) is 31.0 Å². The van der Waals surface area contributed by atoms with Crippen LogP contribution in [0.5, 0.6) is 11.5 Å². The van der Waals surface area contributed by atoms with Crippen LogP contribution < -0.4 is 14.8 Å². The lowest BCUT2D eigenvalue weighted by Gasteiger charge is -2.38. The maximum Gasteiger partial charge on any atom is 0.244 e. The van der Waals surface area contributed by atoms with Crippen molar-refractivity contribution in [2.75, 3.05) is 26.6 Å². The minimum absolute atomic E-state index is 0.159. The second-order valence-electron chi connectivity index (χ2n) is 8.38. The SMILES string of the molecule is CCCCn1nc(C)c(/C=C/C(=O)NCC2(c3ccc4c(c3)OCO4)CCOCC2)c1Cl. The Kier molecular flexibility index (Phi) is 7.06. The number of fused-ring (bicyclic) bond motifs is 1. The lowest BCUT2D eigenvalue weighted by atomic mass is 9.74. The molecule has 0 atom stereocenters. The molecule has 1 aromatic carbocycles. The molecule has 2 aromatic rings. The quantitative estimate of drug-likeness (QED) is 0.597. The third-order valence-corrected chi connectivity index (χ3v) is 6.67. The summed E-state index contributed by atoms with van der Waals surface area (Å²) >= 11 is 6.48. The standard InChI is InChI=1S/C24H30ClN3O4/c1-3-4-11-28-23(25)19(17(2)27-28)6-8-22(29)26-15-24(9-12-30-13-10-24)18-5-7-20-21(14-18)32-16-31-20/h5-8,14H,3-4,9-13,15-16H2,1-2H3,(H,26,29)/b8-6+. The largest absolute Gasteiger partial charge is 0.454 e. The van der Waals surface area contributed by atoms with Crippen LogP contribution in [0.3, 0.4) is 0 Å². The van der Waals surface area contributed by atoms with E-state index >= 15 is 0 Å². The summed E-state index contributed by atoms with van der Waals surface area (Å²) in [6, 6.07) is 6.04. The highest BCUT2D eigenvalue weighted by Gasteiger charge is 2.36. The first-order chi connectivity index (χ1) is 15.5. The van der Waals surface area contributed by atoms with Crippen molar-refractivity contribution in [3.63, 3.8) is 0 Å². The van der Waals surface area contributed by atoms with Gasteiger partial charge in [0.25, 0.3) is 0 Å². The topological polar surface area (TPSA) is 74.6 Å². The van der Waals surface area contributed by atoms with Crippen LogP contribution in [-0.4, -0.2) is 42.2 Å². The zero-order valence-electron chi connectivity index (χ0n) is 18.7. The number of carbonyl (C=O) groups excluding carboxylic acids is 1. The van der Waals surface area contributed by atoms with Gasteiger partial charge in [-0.2, -0.15) is 5.10 Å². The van der Waals surface area contributed by atoms with Gasteiger partial charge in [0, 0.05) is 43.4 Å². The van der Waals surface area contributed by atoms with E-state index in [-0.39, 0.29) is 18.1 Å². The minimum Gasteiger partial charge on any atom is -0.454 e. The molecular weight excluding hydrogens is 430 g/mol. The van der Waals surface area contributed by atoms with E-state index < -0.39 is 0 Å². The molecule has 1 N–H and O–H groups in total. The Balaban J connectivity index is 1.45. The average Bonchev–Trinajstić information content (AvgIpc) is 3.39. The number of unbranched alkanes of at least 4 members (excludes halogenated alkanes) is 1. The summed E-state index contributed by atoms with van der Waals surface area (Å²) in [5, 5.41) is 8.15. The number of nitrogens with zero attached hydrogens (tertiary/aromatic N) is 2. The number of benzene rings is 1. The van der Waals surface area contributed by atoms with Crippen LogP contribution in [0.15, 0.2) is 24.3 Å². The summed E-state index contributed by atoms with van der Waals surface area (Å²) in [5.41, 5.74) is 2.53. The van der Waals surface area contributed by atoms with E-state index in [1.54, 1.807) is 10.8 Å². The van der Waals surface area contributed by atoms with Gasteiger partial charge in [0.1, 0.15) is 5.15 Å². The predicted octanol–water partition coefficient (Wildman–Crippen LogP) is 4.25. The Morgan fingerprint density at radius 1 is 1.28 bits per heavy atom. The first-order valence-electron chi connectivity index (χ1n) is 11.2. The average molecular weight is 460 g/mol. The third kappa shape index (κ3) is 4.79. The number of halogens is 1. The monoisotopic (exact) mass is 459 g/mol. The van der Waals surface area contributed by atoms with E-state index in [4.69, 9.17) is 25.8 Å². The smallest absolute Gasteiger partial charge is 0.244 e.